The van der Waals surface area contributed by atoms with Crippen LogP contribution in [0.4, 0.5) is 11.5 Å². The lowest BCUT2D eigenvalue weighted by molar-refractivity contribution is 0.0697. The number of aromatic carboxylic acids is 1. The number of halogens is 2. The summed E-state index contributed by atoms with van der Waals surface area (Å²) in [5.74, 6) is -0.214. The second-order valence-electron chi connectivity index (χ2n) is 3.83. The molecule has 0 atom stereocenters. The third kappa shape index (κ3) is 3.12. The van der Waals surface area contributed by atoms with Crippen LogP contribution in [-0.4, -0.2) is 23.2 Å². The highest BCUT2D eigenvalue weighted by Crippen LogP contribution is 2.29. The second kappa shape index (κ2) is 5.98. The van der Waals surface area contributed by atoms with Gasteiger partial charge in [-0.05, 0) is 24.3 Å². The van der Waals surface area contributed by atoms with E-state index in [9.17, 15) is 4.79 Å². The Morgan fingerprint density at radius 1 is 1.30 bits per heavy atom. The van der Waals surface area contributed by atoms with Crippen molar-refractivity contribution in [1.29, 1.82) is 0 Å². The first-order valence-corrected chi connectivity index (χ1v) is 6.26. The van der Waals surface area contributed by atoms with Crippen LogP contribution in [0.2, 0.25) is 10.0 Å². The molecule has 0 aliphatic rings. The molecular weight excluding hydrogens is 303 g/mol. The fraction of sp³-hybridized carbons (Fsp3) is 0.0769. The normalized spacial score (nSPS) is 10.2. The van der Waals surface area contributed by atoms with E-state index in [1.807, 2.05) is 0 Å². The van der Waals surface area contributed by atoms with Gasteiger partial charge in [-0.3, -0.25) is 0 Å². The Labute approximate surface area is 125 Å². The van der Waals surface area contributed by atoms with Gasteiger partial charge in [-0.25, -0.2) is 9.78 Å². The number of ether oxygens (including phenoxy) is 1. The highest BCUT2D eigenvalue weighted by molar-refractivity contribution is 6.33. The van der Waals surface area contributed by atoms with Gasteiger partial charge in [0.05, 0.1) is 22.7 Å². The van der Waals surface area contributed by atoms with Crippen LogP contribution in [-0.2, 0) is 0 Å². The van der Waals surface area contributed by atoms with Crippen LogP contribution in [0, 0.1) is 0 Å². The van der Waals surface area contributed by atoms with Crippen LogP contribution >= 0.6 is 23.2 Å². The van der Waals surface area contributed by atoms with E-state index in [0.717, 1.165) is 0 Å². The number of aromatic nitrogens is 1. The Bertz CT molecular complexity index is 662. The molecule has 0 aliphatic carbocycles. The lowest BCUT2D eigenvalue weighted by Gasteiger charge is -2.09. The number of benzene rings is 1. The predicted molar refractivity (Wildman–Crippen MR) is 77.5 cm³/mol. The molecule has 2 aromatic rings. The molecule has 0 unspecified atom stereocenters. The van der Waals surface area contributed by atoms with Gasteiger partial charge in [0, 0.05) is 11.9 Å². The predicted octanol–water partition coefficient (Wildman–Crippen LogP) is 3.84. The first-order valence-electron chi connectivity index (χ1n) is 5.50. The molecule has 1 aromatic carbocycles. The van der Waals surface area contributed by atoms with Crippen molar-refractivity contribution in [3.63, 3.8) is 0 Å². The number of nitrogens with one attached hydrogen (secondary N) is 1. The molecule has 1 aromatic heterocycles. The van der Waals surface area contributed by atoms with E-state index in [4.69, 9.17) is 33.0 Å². The fourth-order valence-corrected chi connectivity index (χ4v) is 2.00. The van der Waals surface area contributed by atoms with Crippen molar-refractivity contribution in [2.75, 3.05) is 12.4 Å². The number of hydrogen-bond acceptors (Lipinski definition) is 4. The summed E-state index contributed by atoms with van der Waals surface area (Å²) < 4.78 is 5.05. The van der Waals surface area contributed by atoms with E-state index in [1.54, 1.807) is 18.2 Å². The van der Waals surface area contributed by atoms with E-state index in [2.05, 4.69) is 10.3 Å². The van der Waals surface area contributed by atoms with Crippen LogP contribution in [0.25, 0.3) is 0 Å². The molecule has 1 heterocycles. The molecule has 0 saturated carbocycles. The quantitative estimate of drug-likeness (QED) is 0.897. The number of nitrogens with zero attached hydrogens (tertiary/aromatic N) is 1. The Kier molecular flexibility index (Phi) is 4.32. The summed E-state index contributed by atoms with van der Waals surface area (Å²) in [6.45, 7) is 0. The molecule has 0 amide bonds. The molecule has 0 bridgehead atoms. The molecule has 20 heavy (non-hydrogen) atoms. The van der Waals surface area contributed by atoms with Crippen LogP contribution in [0.15, 0.2) is 30.5 Å². The molecule has 0 spiro atoms. The van der Waals surface area contributed by atoms with E-state index in [0.29, 0.717) is 22.3 Å². The van der Waals surface area contributed by atoms with Crippen LogP contribution in [0.5, 0.6) is 5.75 Å². The summed E-state index contributed by atoms with van der Waals surface area (Å²) in [6, 6.07) is 6.43. The molecule has 5 nitrogen and oxygen atoms in total. The van der Waals surface area contributed by atoms with Crippen molar-refractivity contribution in [2.24, 2.45) is 0 Å². The van der Waals surface area contributed by atoms with Crippen LogP contribution in [0.3, 0.4) is 0 Å². The molecule has 2 N–H and O–H groups in total. The van der Waals surface area contributed by atoms with E-state index < -0.39 is 5.97 Å². The standard InChI is InChI=1S/C13H10Cl2N2O3/c1-20-11-3-2-7(4-9(11)14)17-12-5-8(13(18)19)10(15)6-16-12/h2-6H,1H3,(H,16,17)(H,18,19). The summed E-state index contributed by atoms with van der Waals surface area (Å²) in [5, 5.41) is 12.5. The Balaban J connectivity index is 2.28. The first kappa shape index (κ1) is 14.4. The molecule has 0 aliphatic heterocycles. The number of carbonyl (C=O) groups is 1. The summed E-state index contributed by atoms with van der Waals surface area (Å²) in [5.41, 5.74) is 0.630. The third-order valence-electron chi connectivity index (χ3n) is 2.51. The fourth-order valence-electron chi connectivity index (χ4n) is 1.56. The van der Waals surface area contributed by atoms with Crippen molar-refractivity contribution in [3.8, 4) is 5.75 Å². The Hall–Kier alpha value is -1.98. The minimum atomic E-state index is -1.12. The highest BCUT2D eigenvalue weighted by atomic mass is 35.5. The van der Waals surface area contributed by atoms with E-state index in [-0.39, 0.29) is 10.6 Å². The molecule has 0 fully saturated rings. The number of carboxylic acid groups (broad SMARTS) is 1. The van der Waals surface area contributed by atoms with Gasteiger partial charge in [-0.2, -0.15) is 0 Å². The van der Waals surface area contributed by atoms with E-state index in [1.165, 1.54) is 19.4 Å². The van der Waals surface area contributed by atoms with Crippen LogP contribution in [0.1, 0.15) is 10.4 Å². The average molecular weight is 313 g/mol. The second-order valence-corrected chi connectivity index (χ2v) is 4.64. The molecule has 2 rings (SSSR count). The van der Waals surface area contributed by atoms with Gasteiger partial charge in [0.1, 0.15) is 11.6 Å². The van der Waals surface area contributed by atoms with Crippen LogP contribution < -0.4 is 10.1 Å². The largest absolute Gasteiger partial charge is 0.495 e. The van der Waals surface area contributed by atoms with Gasteiger partial charge in [0.25, 0.3) is 0 Å². The van der Waals surface area contributed by atoms with E-state index >= 15 is 0 Å². The summed E-state index contributed by atoms with van der Waals surface area (Å²) in [4.78, 5) is 15.0. The number of carboxylic acids is 1. The maximum Gasteiger partial charge on any atom is 0.337 e. The minimum Gasteiger partial charge on any atom is -0.495 e. The zero-order valence-electron chi connectivity index (χ0n) is 10.4. The lowest BCUT2D eigenvalue weighted by atomic mass is 10.2. The van der Waals surface area contributed by atoms with Gasteiger partial charge < -0.3 is 15.2 Å². The summed E-state index contributed by atoms with van der Waals surface area (Å²) in [6.07, 6.45) is 1.28. The number of hydrogen-bond donors (Lipinski definition) is 2. The monoisotopic (exact) mass is 312 g/mol. The summed E-state index contributed by atoms with van der Waals surface area (Å²) >= 11 is 11.8. The maximum absolute atomic E-state index is 11.0. The zero-order valence-corrected chi connectivity index (χ0v) is 11.9. The smallest absolute Gasteiger partial charge is 0.337 e. The Morgan fingerprint density at radius 3 is 2.65 bits per heavy atom. The zero-order chi connectivity index (χ0) is 14.7. The van der Waals surface area contributed by atoms with Crippen molar-refractivity contribution < 1.29 is 14.6 Å². The lowest BCUT2D eigenvalue weighted by Crippen LogP contribution is -2.01. The van der Waals surface area contributed by atoms with Crippen molar-refractivity contribution in [1.82, 2.24) is 4.98 Å². The topological polar surface area (TPSA) is 71.5 Å². The van der Waals surface area contributed by atoms with Gasteiger partial charge in [-0.15, -0.1) is 0 Å². The van der Waals surface area contributed by atoms with Gasteiger partial charge in [0.15, 0.2) is 0 Å². The minimum absolute atomic E-state index is 0.0243. The Morgan fingerprint density at radius 2 is 2.05 bits per heavy atom. The molecular formula is C13H10Cl2N2O3. The van der Waals surface area contributed by atoms with Crippen molar-refractivity contribution in [3.05, 3.63) is 46.1 Å². The number of rotatable bonds is 4. The molecule has 0 radical (unpaired) electrons. The van der Waals surface area contributed by atoms with Gasteiger partial charge in [-0.1, -0.05) is 23.2 Å². The number of methoxy groups -OCH3 is 1. The average Bonchev–Trinajstić information content (AvgIpc) is 2.41. The SMILES string of the molecule is COc1ccc(Nc2cc(C(=O)O)c(Cl)cn2)cc1Cl. The summed E-state index contributed by atoms with van der Waals surface area (Å²) in [7, 11) is 1.52. The van der Waals surface area contributed by atoms with Gasteiger partial charge >= 0.3 is 5.97 Å². The van der Waals surface area contributed by atoms with Gasteiger partial charge in [0.2, 0.25) is 0 Å². The highest BCUT2D eigenvalue weighted by Gasteiger charge is 2.11. The van der Waals surface area contributed by atoms with Crippen molar-refractivity contribution in [2.45, 2.75) is 0 Å². The number of anilines is 2. The molecule has 0 saturated heterocycles. The molecule has 7 heteroatoms. The number of pyridine rings is 1. The van der Waals surface area contributed by atoms with Crippen molar-refractivity contribution >= 4 is 40.7 Å². The first-order chi connectivity index (χ1) is 9.51. The third-order valence-corrected chi connectivity index (χ3v) is 3.11. The maximum atomic E-state index is 11.0. The molecule has 104 valence electrons.